The van der Waals surface area contributed by atoms with Crippen molar-refractivity contribution in [2.75, 3.05) is 6.54 Å². The van der Waals surface area contributed by atoms with Gasteiger partial charge in [0.25, 0.3) is 10.0 Å². The molecule has 1 aliphatic heterocycles. The maximum Gasteiger partial charge on any atom is 0.316 e. The second kappa shape index (κ2) is 7.23. The van der Waals surface area contributed by atoms with Crippen molar-refractivity contribution in [1.82, 2.24) is 4.31 Å². The van der Waals surface area contributed by atoms with Gasteiger partial charge in [-0.2, -0.15) is 0 Å². The Morgan fingerprint density at radius 1 is 1.15 bits per heavy atom. The van der Waals surface area contributed by atoms with Crippen LogP contribution < -0.4 is 0 Å². The minimum Gasteiger partial charge on any atom is -0.423 e. The van der Waals surface area contributed by atoms with Crippen LogP contribution in [0.1, 0.15) is 53.0 Å². The van der Waals surface area contributed by atoms with Gasteiger partial charge in [0, 0.05) is 19.0 Å². The van der Waals surface area contributed by atoms with E-state index >= 15 is 0 Å². The zero-order valence-electron chi connectivity index (χ0n) is 15.8. The molecule has 7 heteroatoms. The van der Waals surface area contributed by atoms with Gasteiger partial charge in [-0.15, -0.1) is 0 Å². The topological polar surface area (TPSA) is 80.8 Å². The predicted octanol–water partition coefficient (Wildman–Crippen LogP) is 3.34. The molecule has 0 saturated carbocycles. The molecule has 0 spiro atoms. The van der Waals surface area contributed by atoms with Gasteiger partial charge < -0.3 is 4.74 Å². The number of hydrogen-bond acceptors (Lipinski definition) is 5. The third-order valence-electron chi connectivity index (χ3n) is 4.02. The van der Waals surface area contributed by atoms with Crippen LogP contribution in [0.5, 0.6) is 0 Å². The van der Waals surface area contributed by atoms with Crippen LogP contribution in [0.4, 0.5) is 0 Å². The van der Waals surface area contributed by atoms with Crippen LogP contribution in [-0.4, -0.2) is 31.0 Å². The lowest BCUT2D eigenvalue weighted by molar-refractivity contribution is -0.145. The van der Waals surface area contributed by atoms with Gasteiger partial charge in [-0.3, -0.25) is 13.9 Å². The van der Waals surface area contributed by atoms with E-state index in [1.807, 2.05) is 6.92 Å². The van der Waals surface area contributed by atoms with E-state index in [4.69, 9.17) is 4.74 Å². The highest BCUT2D eigenvalue weighted by Gasteiger charge is 2.40. The highest BCUT2D eigenvalue weighted by molar-refractivity contribution is 7.89. The summed E-state index contributed by atoms with van der Waals surface area (Å²) in [4.78, 5) is 24.9. The summed E-state index contributed by atoms with van der Waals surface area (Å²) in [5.41, 5.74) is -0.646. The van der Waals surface area contributed by atoms with E-state index in [-0.39, 0.29) is 28.5 Å². The van der Waals surface area contributed by atoms with Crippen molar-refractivity contribution in [3.63, 3.8) is 0 Å². The molecule has 2 rings (SSSR count). The van der Waals surface area contributed by atoms with Crippen LogP contribution in [0.2, 0.25) is 0 Å². The number of carbonyl (C=O) groups is 2. The Labute approximate surface area is 154 Å². The molecule has 0 radical (unpaired) electrons. The van der Waals surface area contributed by atoms with E-state index in [0.717, 1.165) is 10.7 Å². The Morgan fingerprint density at radius 3 is 2.31 bits per heavy atom. The molecule has 0 unspecified atom stereocenters. The van der Waals surface area contributed by atoms with Gasteiger partial charge in [-0.1, -0.05) is 25.5 Å². The first-order chi connectivity index (χ1) is 12.0. The second-order valence-electron chi connectivity index (χ2n) is 7.30. The number of sulfonamides is 1. The summed E-state index contributed by atoms with van der Waals surface area (Å²) in [5.74, 6) is -0.981. The Balaban J connectivity index is 2.74. The van der Waals surface area contributed by atoms with Gasteiger partial charge in [-0.25, -0.2) is 8.42 Å². The molecule has 6 nitrogen and oxygen atoms in total. The maximum atomic E-state index is 13.1. The Bertz CT molecular complexity index is 862. The average Bonchev–Trinajstić information content (AvgIpc) is 2.54. The molecular formula is C19H25NO5S. The van der Waals surface area contributed by atoms with E-state index in [2.05, 4.69) is 0 Å². The van der Waals surface area contributed by atoms with Crippen molar-refractivity contribution in [3.8, 4) is 0 Å². The molecule has 1 aromatic carbocycles. The van der Waals surface area contributed by atoms with Gasteiger partial charge in [-0.05, 0) is 39.3 Å². The number of unbranched alkanes of at least 4 members (excludes halogenated alkanes) is 1. The number of hydrogen-bond donors (Lipinski definition) is 0. The lowest BCUT2D eigenvalue weighted by Gasteiger charge is -2.33. The predicted molar refractivity (Wildman–Crippen MR) is 98.4 cm³/mol. The molecule has 1 heterocycles. The Kier molecular flexibility index (Phi) is 5.61. The molecule has 1 aliphatic rings. The first-order valence-corrected chi connectivity index (χ1v) is 10.1. The highest BCUT2D eigenvalue weighted by Crippen LogP contribution is 2.39. The molecule has 0 aliphatic carbocycles. The van der Waals surface area contributed by atoms with Crippen LogP contribution in [0.3, 0.4) is 0 Å². The molecule has 0 bridgehead atoms. The molecule has 26 heavy (non-hydrogen) atoms. The number of fused-ring (bicyclic) bond motifs is 1. The number of carbonyl (C=O) groups excluding carboxylic acids is 2. The average molecular weight is 379 g/mol. The van der Waals surface area contributed by atoms with Crippen LogP contribution in [0, 0.1) is 5.41 Å². The molecule has 0 saturated heterocycles. The summed E-state index contributed by atoms with van der Waals surface area (Å²) in [6, 6.07) is 6.28. The summed E-state index contributed by atoms with van der Waals surface area (Å²) in [6.07, 6.45) is 1.34. The fourth-order valence-corrected chi connectivity index (χ4v) is 4.33. The second-order valence-corrected chi connectivity index (χ2v) is 9.13. The van der Waals surface area contributed by atoms with Crippen molar-refractivity contribution in [2.24, 2.45) is 5.41 Å². The smallest absolute Gasteiger partial charge is 0.316 e. The van der Waals surface area contributed by atoms with Crippen molar-refractivity contribution in [3.05, 3.63) is 35.5 Å². The van der Waals surface area contributed by atoms with Crippen LogP contribution in [0.15, 0.2) is 34.9 Å². The van der Waals surface area contributed by atoms with E-state index in [1.54, 1.807) is 39.0 Å². The van der Waals surface area contributed by atoms with Gasteiger partial charge in [0.05, 0.1) is 10.3 Å². The molecule has 0 N–H and O–H groups in total. The van der Waals surface area contributed by atoms with Crippen LogP contribution >= 0.6 is 0 Å². The molecular weight excluding hydrogens is 354 g/mol. The number of esters is 1. The van der Waals surface area contributed by atoms with Crippen LogP contribution in [0.25, 0.3) is 5.76 Å². The lowest BCUT2D eigenvalue weighted by atomic mass is 9.97. The highest BCUT2D eigenvalue weighted by atomic mass is 32.2. The number of nitrogens with zero attached hydrogens (tertiary/aromatic N) is 1. The summed E-state index contributed by atoms with van der Waals surface area (Å²) >= 11 is 0. The third-order valence-corrected chi connectivity index (χ3v) is 5.88. The zero-order valence-corrected chi connectivity index (χ0v) is 16.6. The van der Waals surface area contributed by atoms with E-state index < -0.39 is 27.2 Å². The van der Waals surface area contributed by atoms with Gasteiger partial charge in [0.1, 0.15) is 5.70 Å². The molecule has 1 aromatic rings. The van der Waals surface area contributed by atoms with Gasteiger partial charge in [0.2, 0.25) is 0 Å². The molecule has 0 fully saturated rings. The number of Topliss-reactive ketones (excluding diaryl/α,β-unsaturated/α-hetero) is 1. The Hall–Kier alpha value is -2.15. The van der Waals surface area contributed by atoms with E-state index in [0.29, 0.717) is 6.42 Å². The monoisotopic (exact) mass is 379 g/mol. The summed E-state index contributed by atoms with van der Waals surface area (Å²) in [6.45, 7) is 8.46. The van der Waals surface area contributed by atoms with Crippen molar-refractivity contribution in [1.29, 1.82) is 0 Å². The molecule has 0 amide bonds. The normalized spacial score (nSPS) is 16.3. The minimum absolute atomic E-state index is 0.0129. The van der Waals surface area contributed by atoms with Crippen LogP contribution in [-0.2, 0) is 24.3 Å². The number of allylic oxidation sites excluding steroid dienone is 1. The molecule has 0 aromatic heterocycles. The lowest BCUT2D eigenvalue weighted by Crippen LogP contribution is -2.39. The fourth-order valence-electron chi connectivity index (χ4n) is 2.58. The van der Waals surface area contributed by atoms with Crippen molar-refractivity contribution >= 4 is 27.5 Å². The largest absolute Gasteiger partial charge is 0.423 e. The third kappa shape index (κ3) is 3.67. The minimum atomic E-state index is -3.89. The van der Waals surface area contributed by atoms with Crippen molar-refractivity contribution < 1.29 is 22.7 Å². The van der Waals surface area contributed by atoms with Gasteiger partial charge >= 0.3 is 5.97 Å². The number of ether oxygens (including phenoxy) is 1. The van der Waals surface area contributed by atoms with Crippen molar-refractivity contribution in [2.45, 2.75) is 52.4 Å². The quantitative estimate of drug-likeness (QED) is 0.733. The molecule has 142 valence electrons. The summed E-state index contributed by atoms with van der Waals surface area (Å²) in [7, 11) is -3.89. The van der Waals surface area contributed by atoms with E-state index in [9.17, 15) is 18.0 Å². The fraction of sp³-hybridized carbons (Fsp3) is 0.474. The van der Waals surface area contributed by atoms with E-state index in [1.165, 1.54) is 13.0 Å². The Morgan fingerprint density at radius 2 is 1.77 bits per heavy atom. The number of ketones is 1. The molecule has 0 atom stereocenters. The zero-order chi connectivity index (χ0) is 19.7. The first kappa shape index (κ1) is 20.2. The first-order valence-electron chi connectivity index (χ1n) is 8.61. The number of benzene rings is 1. The number of rotatable bonds is 5. The summed E-state index contributed by atoms with van der Waals surface area (Å²) in [5, 5.41) is 0. The standard InChI is InChI=1S/C19H25NO5S/c1-6-7-12-20-16(13(2)21)17(25-18(22)19(3,4)5)14-10-8-9-11-15(14)26(20,23)24/h8-11H,6-7,12H2,1-5H3. The van der Waals surface area contributed by atoms with Gasteiger partial charge in [0.15, 0.2) is 11.5 Å². The summed E-state index contributed by atoms with van der Waals surface area (Å²) < 4.78 is 32.8. The maximum absolute atomic E-state index is 13.1. The SMILES string of the molecule is CCCCN1C(C(C)=O)=C(OC(=O)C(C)(C)C)c2ccccc2S1(=O)=O.